The lowest BCUT2D eigenvalue weighted by molar-refractivity contribution is 0.00718. The van der Waals surface area contributed by atoms with Crippen molar-refractivity contribution in [1.29, 1.82) is 0 Å². The summed E-state index contributed by atoms with van der Waals surface area (Å²) in [6.07, 6.45) is -0.242. The number of hydrogen-bond acceptors (Lipinski definition) is 5. The Morgan fingerprint density at radius 1 is 1.35 bits per heavy atom. The second-order valence-corrected chi connectivity index (χ2v) is 6.59. The number of halogens is 1. The molecule has 1 unspecified atom stereocenters. The minimum absolute atomic E-state index is 0.126. The molecular formula is C14H18BrN3O2. The number of methoxy groups -OCH3 is 1. The maximum Gasteiger partial charge on any atom is 0.260 e. The Morgan fingerprint density at radius 2 is 2.05 bits per heavy atom. The van der Waals surface area contributed by atoms with Gasteiger partial charge in [0.15, 0.2) is 0 Å². The molecule has 5 nitrogen and oxygen atoms in total. The van der Waals surface area contributed by atoms with Crippen LogP contribution < -0.4 is 5.73 Å². The summed E-state index contributed by atoms with van der Waals surface area (Å²) in [7, 11) is 1.64. The molecule has 1 aromatic heterocycles. The molecule has 0 amide bonds. The van der Waals surface area contributed by atoms with E-state index >= 15 is 0 Å². The van der Waals surface area contributed by atoms with Crippen LogP contribution in [0, 0.1) is 5.41 Å². The molecule has 0 saturated carbocycles. The summed E-state index contributed by atoms with van der Waals surface area (Å²) < 4.78 is 11.7. The van der Waals surface area contributed by atoms with E-state index in [1.807, 2.05) is 12.1 Å². The van der Waals surface area contributed by atoms with Gasteiger partial charge in [-0.1, -0.05) is 41.9 Å². The molecule has 2 rings (SSSR count). The van der Waals surface area contributed by atoms with E-state index in [-0.39, 0.29) is 11.5 Å². The topological polar surface area (TPSA) is 74.2 Å². The smallest absolute Gasteiger partial charge is 0.260 e. The largest absolute Gasteiger partial charge is 0.398 e. The van der Waals surface area contributed by atoms with Crippen molar-refractivity contribution in [2.24, 2.45) is 5.41 Å². The van der Waals surface area contributed by atoms with Crippen LogP contribution in [0.4, 0.5) is 5.69 Å². The number of nitrogens with zero attached hydrogens (tertiary/aromatic N) is 2. The van der Waals surface area contributed by atoms with Crippen molar-refractivity contribution >= 4 is 21.6 Å². The van der Waals surface area contributed by atoms with Gasteiger partial charge in [0.25, 0.3) is 5.89 Å². The molecule has 2 N–H and O–H groups in total. The van der Waals surface area contributed by atoms with Gasteiger partial charge in [0.1, 0.15) is 6.10 Å². The summed E-state index contributed by atoms with van der Waals surface area (Å²) in [5, 5.41) is 4.02. The highest BCUT2D eigenvalue weighted by Crippen LogP contribution is 2.35. The lowest BCUT2D eigenvalue weighted by atomic mass is 9.88. The van der Waals surface area contributed by atoms with E-state index in [1.165, 1.54) is 0 Å². The molecule has 1 heterocycles. The molecule has 108 valence electrons. The molecule has 0 saturated heterocycles. The fraction of sp³-hybridized carbons (Fsp3) is 0.429. The van der Waals surface area contributed by atoms with E-state index in [1.54, 1.807) is 13.2 Å². The highest BCUT2D eigenvalue weighted by atomic mass is 79.9. The zero-order valence-corrected chi connectivity index (χ0v) is 13.6. The summed E-state index contributed by atoms with van der Waals surface area (Å²) in [4.78, 5) is 4.42. The average Bonchev–Trinajstić information content (AvgIpc) is 2.80. The molecule has 1 atom stereocenters. The summed E-state index contributed by atoms with van der Waals surface area (Å²) in [6, 6.07) is 5.51. The van der Waals surface area contributed by atoms with Crippen LogP contribution in [0.2, 0.25) is 0 Å². The van der Waals surface area contributed by atoms with E-state index < -0.39 is 0 Å². The van der Waals surface area contributed by atoms with Crippen LogP contribution in [0.5, 0.6) is 0 Å². The van der Waals surface area contributed by atoms with Gasteiger partial charge >= 0.3 is 0 Å². The number of nitrogen functional groups attached to an aromatic ring is 1. The highest BCUT2D eigenvalue weighted by molar-refractivity contribution is 9.10. The van der Waals surface area contributed by atoms with Gasteiger partial charge in [-0.25, -0.2) is 0 Å². The van der Waals surface area contributed by atoms with Crippen molar-refractivity contribution in [3.8, 4) is 11.5 Å². The van der Waals surface area contributed by atoms with Crippen molar-refractivity contribution in [2.45, 2.75) is 26.9 Å². The molecule has 1 aromatic carbocycles. The Labute approximate surface area is 126 Å². The van der Waals surface area contributed by atoms with Gasteiger partial charge in [-0.15, -0.1) is 0 Å². The van der Waals surface area contributed by atoms with Gasteiger partial charge in [0.2, 0.25) is 5.82 Å². The van der Waals surface area contributed by atoms with Crippen molar-refractivity contribution in [3.05, 3.63) is 28.5 Å². The summed E-state index contributed by atoms with van der Waals surface area (Å²) >= 11 is 3.40. The average molecular weight is 340 g/mol. The van der Waals surface area contributed by atoms with Crippen LogP contribution in [0.25, 0.3) is 11.5 Å². The molecule has 0 bridgehead atoms. The van der Waals surface area contributed by atoms with Crippen LogP contribution in [0.15, 0.2) is 27.2 Å². The van der Waals surface area contributed by atoms with Gasteiger partial charge < -0.3 is 15.0 Å². The second-order valence-electron chi connectivity index (χ2n) is 5.67. The second kappa shape index (κ2) is 5.54. The molecule has 0 fully saturated rings. The molecule has 0 aliphatic rings. The Kier molecular flexibility index (Phi) is 4.15. The number of anilines is 1. The van der Waals surface area contributed by atoms with Gasteiger partial charge in [0.05, 0.1) is 5.56 Å². The molecule has 2 aromatic rings. The Balaban J connectivity index is 2.40. The fourth-order valence-corrected chi connectivity index (χ4v) is 2.37. The zero-order chi connectivity index (χ0) is 14.9. The number of benzene rings is 1. The lowest BCUT2D eigenvalue weighted by Crippen LogP contribution is -2.21. The summed E-state index contributed by atoms with van der Waals surface area (Å²) in [6.45, 7) is 6.18. The SMILES string of the molecule is COC(c1noc(-c2cc(Br)ccc2N)n1)C(C)(C)C. The van der Waals surface area contributed by atoms with Crippen molar-refractivity contribution in [1.82, 2.24) is 10.1 Å². The van der Waals surface area contributed by atoms with Gasteiger partial charge in [-0.2, -0.15) is 4.98 Å². The molecule has 0 radical (unpaired) electrons. The number of nitrogens with two attached hydrogens (primary N) is 1. The summed E-state index contributed by atoms with van der Waals surface area (Å²) in [5.41, 5.74) is 7.12. The minimum atomic E-state index is -0.242. The van der Waals surface area contributed by atoms with Crippen molar-refractivity contribution in [2.75, 3.05) is 12.8 Å². The minimum Gasteiger partial charge on any atom is -0.398 e. The first kappa shape index (κ1) is 15.0. The van der Waals surface area contributed by atoms with Crippen LogP contribution in [0.1, 0.15) is 32.7 Å². The van der Waals surface area contributed by atoms with E-state index in [2.05, 4.69) is 46.8 Å². The van der Waals surface area contributed by atoms with Crippen molar-refractivity contribution in [3.63, 3.8) is 0 Å². The molecule has 0 aliphatic carbocycles. The number of rotatable bonds is 3. The normalized spacial score (nSPS) is 13.4. The maximum absolute atomic E-state index is 5.95. The van der Waals surface area contributed by atoms with Crippen LogP contribution in [-0.2, 0) is 4.74 Å². The first-order chi connectivity index (χ1) is 9.32. The van der Waals surface area contributed by atoms with Gasteiger partial charge in [0, 0.05) is 17.3 Å². The van der Waals surface area contributed by atoms with Crippen LogP contribution >= 0.6 is 15.9 Å². The molecule has 0 aliphatic heterocycles. The van der Waals surface area contributed by atoms with E-state index in [0.717, 1.165) is 4.47 Å². The van der Waals surface area contributed by atoms with Gasteiger partial charge in [-0.05, 0) is 23.6 Å². The van der Waals surface area contributed by atoms with Crippen LogP contribution in [0.3, 0.4) is 0 Å². The predicted octanol–water partition coefficient (Wildman–Crippen LogP) is 3.81. The monoisotopic (exact) mass is 339 g/mol. The third-order valence-electron chi connectivity index (χ3n) is 2.94. The zero-order valence-electron chi connectivity index (χ0n) is 12.0. The van der Waals surface area contributed by atoms with E-state index in [0.29, 0.717) is 23.0 Å². The first-order valence-corrected chi connectivity index (χ1v) is 7.04. The fourth-order valence-electron chi connectivity index (χ4n) is 2.01. The van der Waals surface area contributed by atoms with Gasteiger partial charge in [-0.3, -0.25) is 0 Å². The molecular weight excluding hydrogens is 322 g/mol. The third kappa shape index (κ3) is 3.02. The lowest BCUT2D eigenvalue weighted by Gasteiger charge is -2.26. The van der Waals surface area contributed by atoms with Crippen molar-refractivity contribution < 1.29 is 9.26 Å². The first-order valence-electron chi connectivity index (χ1n) is 6.24. The highest BCUT2D eigenvalue weighted by Gasteiger charge is 2.30. The third-order valence-corrected chi connectivity index (χ3v) is 3.44. The molecule has 6 heteroatoms. The molecule has 20 heavy (non-hydrogen) atoms. The number of aromatic nitrogens is 2. The van der Waals surface area contributed by atoms with E-state index in [9.17, 15) is 0 Å². The standard InChI is InChI=1S/C14H18BrN3O2/c1-14(2,3)11(19-4)12-17-13(20-18-12)9-7-8(15)5-6-10(9)16/h5-7,11H,16H2,1-4H3. The quantitative estimate of drug-likeness (QED) is 0.860. The van der Waals surface area contributed by atoms with E-state index in [4.69, 9.17) is 15.0 Å². The number of ether oxygens (including phenoxy) is 1. The number of hydrogen-bond donors (Lipinski definition) is 1. The van der Waals surface area contributed by atoms with Crippen LogP contribution in [-0.4, -0.2) is 17.3 Å². The Bertz CT molecular complexity index is 605. The maximum atomic E-state index is 5.95. The predicted molar refractivity (Wildman–Crippen MR) is 81.1 cm³/mol. The Hall–Kier alpha value is -1.40. The summed E-state index contributed by atoms with van der Waals surface area (Å²) in [5.74, 6) is 0.916. The Morgan fingerprint density at radius 3 is 2.65 bits per heavy atom. The molecule has 0 spiro atoms.